The SMILES string of the molecule is CCOCC(C)Nc1nccc(C#N)c1[N+](=O)[O-]. The molecule has 0 aliphatic carbocycles. The number of nitro groups is 1. The van der Waals surface area contributed by atoms with Crippen molar-refractivity contribution in [1.82, 2.24) is 4.98 Å². The highest BCUT2D eigenvalue weighted by Crippen LogP contribution is 2.26. The molecular weight excluding hydrogens is 236 g/mol. The largest absolute Gasteiger partial charge is 0.380 e. The molecule has 7 heteroatoms. The molecule has 0 aromatic carbocycles. The first kappa shape index (κ1) is 13.9. The summed E-state index contributed by atoms with van der Waals surface area (Å²) < 4.78 is 5.20. The first-order chi connectivity index (χ1) is 8.60. The van der Waals surface area contributed by atoms with Gasteiger partial charge in [0, 0.05) is 18.8 Å². The Morgan fingerprint density at radius 2 is 2.44 bits per heavy atom. The molecule has 0 spiro atoms. The second kappa shape index (κ2) is 6.51. The molecule has 1 atom stereocenters. The quantitative estimate of drug-likeness (QED) is 0.609. The van der Waals surface area contributed by atoms with Crippen LogP contribution in [0, 0.1) is 21.4 Å². The van der Waals surface area contributed by atoms with E-state index in [1.165, 1.54) is 12.3 Å². The van der Waals surface area contributed by atoms with Gasteiger partial charge in [-0.1, -0.05) is 0 Å². The van der Waals surface area contributed by atoms with Crippen LogP contribution >= 0.6 is 0 Å². The van der Waals surface area contributed by atoms with E-state index in [1.54, 1.807) is 6.07 Å². The number of aromatic nitrogens is 1. The van der Waals surface area contributed by atoms with Crippen molar-refractivity contribution >= 4 is 11.5 Å². The predicted octanol–water partition coefficient (Wildman–Crippen LogP) is 1.70. The molecule has 0 radical (unpaired) electrons. The van der Waals surface area contributed by atoms with Gasteiger partial charge in [0.15, 0.2) is 0 Å². The maximum atomic E-state index is 10.9. The topological polar surface area (TPSA) is 101 Å². The summed E-state index contributed by atoms with van der Waals surface area (Å²) in [6.45, 7) is 4.66. The van der Waals surface area contributed by atoms with Gasteiger partial charge in [0.2, 0.25) is 5.82 Å². The number of hydrogen-bond donors (Lipinski definition) is 1. The average molecular weight is 250 g/mol. The van der Waals surface area contributed by atoms with Crippen LogP contribution in [0.15, 0.2) is 12.3 Å². The first-order valence-corrected chi connectivity index (χ1v) is 5.47. The fourth-order valence-electron chi connectivity index (χ4n) is 1.40. The third-order valence-electron chi connectivity index (χ3n) is 2.18. The number of nitrogens with one attached hydrogen (secondary N) is 1. The molecule has 1 N–H and O–H groups in total. The van der Waals surface area contributed by atoms with Crippen LogP contribution in [0.25, 0.3) is 0 Å². The summed E-state index contributed by atoms with van der Waals surface area (Å²) in [6.07, 6.45) is 1.36. The van der Waals surface area contributed by atoms with Crippen LogP contribution in [0.4, 0.5) is 11.5 Å². The Kier molecular flexibility index (Phi) is 5.02. The van der Waals surface area contributed by atoms with E-state index >= 15 is 0 Å². The molecular formula is C11H14N4O3. The molecule has 0 saturated carbocycles. The van der Waals surface area contributed by atoms with E-state index in [1.807, 2.05) is 13.8 Å². The van der Waals surface area contributed by atoms with Gasteiger partial charge in [-0.2, -0.15) is 5.26 Å². The van der Waals surface area contributed by atoms with Crippen LogP contribution in [0.5, 0.6) is 0 Å². The Morgan fingerprint density at radius 3 is 3.00 bits per heavy atom. The van der Waals surface area contributed by atoms with Gasteiger partial charge in [0.25, 0.3) is 0 Å². The van der Waals surface area contributed by atoms with Gasteiger partial charge in [-0.15, -0.1) is 0 Å². The second-order valence-corrected chi connectivity index (χ2v) is 3.63. The van der Waals surface area contributed by atoms with E-state index in [0.29, 0.717) is 13.2 Å². The molecule has 1 unspecified atom stereocenters. The van der Waals surface area contributed by atoms with Crippen molar-refractivity contribution in [3.05, 3.63) is 27.9 Å². The Hall–Kier alpha value is -2.20. The van der Waals surface area contributed by atoms with Crippen molar-refractivity contribution < 1.29 is 9.66 Å². The third kappa shape index (κ3) is 3.40. The summed E-state index contributed by atoms with van der Waals surface area (Å²) >= 11 is 0. The summed E-state index contributed by atoms with van der Waals surface area (Å²) in [5, 5.41) is 22.6. The summed E-state index contributed by atoms with van der Waals surface area (Å²) in [6, 6.07) is 2.96. The molecule has 1 aromatic rings. The van der Waals surface area contributed by atoms with Gasteiger partial charge in [0.05, 0.1) is 11.5 Å². The molecule has 96 valence electrons. The Bertz CT molecular complexity index is 470. The van der Waals surface area contributed by atoms with Gasteiger partial charge in [-0.25, -0.2) is 4.98 Å². The zero-order chi connectivity index (χ0) is 13.5. The lowest BCUT2D eigenvalue weighted by molar-refractivity contribution is -0.384. The van der Waals surface area contributed by atoms with Crippen molar-refractivity contribution in [3.63, 3.8) is 0 Å². The number of pyridine rings is 1. The monoisotopic (exact) mass is 250 g/mol. The summed E-state index contributed by atoms with van der Waals surface area (Å²) in [5.41, 5.74) is -0.315. The van der Waals surface area contributed by atoms with Crippen LogP contribution in [-0.2, 0) is 4.74 Å². The number of ether oxygens (including phenoxy) is 1. The molecule has 0 aliphatic rings. The van der Waals surface area contributed by atoms with Gasteiger partial charge >= 0.3 is 5.69 Å². The fraction of sp³-hybridized carbons (Fsp3) is 0.455. The summed E-state index contributed by atoms with van der Waals surface area (Å²) in [7, 11) is 0. The summed E-state index contributed by atoms with van der Waals surface area (Å²) in [4.78, 5) is 14.2. The van der Waals surface area contributed by atoms with Crippen molar-refractivity contribution in [1.29, 1.82) is 5.26 Å². The highest BCUT2D eigenvalue weighted by molar-refractivity contribution is 5.64. The Balaban J connectivity index is 2.95. The van der Waals surface area contributed by atoms with Crippen molar-refractivity contribution in [3.8, 4) is 6.07 Å². The van der Waals surface area contributed by atoms with Crippen LogP contribution < -0.4 is 5.32 Å². The van der Waals surface area contributed by atoms with Crippen LogP contribution in [0.2, 0.25) is 0 Å². The normalized spacial score (nSPS) is 11.6. The predicted molar refractivity (Wildman–Crippen MR) is 65.2 cm³/mol. The minimum Gasteiger partial charge on any atom is -0.380 e. The molecule has 1 heterocycles. The zero-order valence-electron chi connectivity index (χ0n) is 10.2. The van der Waals surface area contributed by atoms with Crippen LogP contribution in [0.3, 0.4) is 0 Å². The molecule has 0 amide bonds. The smallest absolute Gasteiger partial charge is 0.328 e. The lowest BCUT2D eigenvalue weighted by atomic mass is 10.2. The number of anilines is 1. The molecule has 0 fully saturated rings. The van der Waals surface area contributed by atoms with E-state index < -0.39 is 4.92 Å². The highest BCUT2D eigenvalue weighted by atomic mass is 16.6. The Labute approximate surface area is 105 Å². The minimum atomic E-state index is -0.610. The van der Waals surface area contributed by atoms with E-state index in [-0.39, 0.29) is 23.1 Å². The van der Waals surface area contributed by atoms with Crippen molar-refractivity contribution in [2.45, 2.75) is 19.9 Å². The molecule has 18 heavy (non-hydrogen) atoms. The van der Waals surface area contributed by atoms with Crippen LogP contribution in [0.1, 0.15) is 19.4 Å². The number of nitriles is 1. The van der Waals surface area contributed by atoms with Gasteiger partial charge in [-0.05, 0) is 19.9 Å². The number of rotatable bonds is 6. The fourth-order valence-corrected chi connectivity index (χ4v) is 1.40. The average Bonchev–Trinajstić information content (AvgIpc) is 2.35. The lowest BCUT2D eigenvalue weighted by Gasteiger charge is -2.14. The molecule has 0 aliphatic heterocycles. The standard InChI is InChI=1S/C11H14N4O3/c1-3-18-7-8(2)14-11-10(15(16)17)9(6-12)4-5-13-11/h4-5,8H,3,7H2,1-2H3,(H,13,14). The Morgan fingerprint density at radius 1 is 1.72 bits per heavy atom. The lowest BCUT2D eigenvalue weighted by Crippen LogP contribution is -2.23. The minimum absolute atomic E-state index is 0.0129. The second-order valence-electron chi connectivity index (χ2n) is 3.63. The molecule has 0 bridgehead atoms. The van der Waals surface area contributed by atoms with Gasteiger partial charge in [0.1, 0.15) is 11.6 Å². The number of hydrogen-bond acceptors (Lipinski definition) is 6. The van der Waals surface area contributed by atoms with Crippen molar-refractivity contribution in [2.75, 3.05) is 18.5 Å². The number of nitrogens with zero attached hydrogens (tertiary/aromatic N) is 3. The van der Waals surface area contributed by atoms with Gasteiger partial charge in [-0.3, -0.25) is 10.1 Å². The van der Waals surface area contributed by atoms with E-state index in [0.717, 1.165) is 0 Å². The summed E-state index contributed by atoms with van der Waals surface area (Å²) in [5.74, 6) is 0.0891. The third-order valence-corrected chi connectivity index (χ3v) is 2.18. The van der Waals surface area contributed by atoms with E-state index in [9.17, 15) is 10.1 Å². The maximum Gasteiger partial charge on any atom is 0.328 e. The maximum absolute atomic E-state index is 10.9. The molecule has 0 saturated heterocycles. The van der Waals surface area contributed by atoms with E-state index in [4.69, 9.17) is 10.00 Å². The molecule has 7 nitrogen and oxygen atoms in total. The first-order valence-electron chi connectivity index (χ1n) is 5.47. The van der Waals surface area contributed by atoms with Gasteiger partial charge < -0.3 is 10.1 Å². The van der Waals surface area contributed by atoms with E-state index in [2.05, 4.69) is 10.3 Å². The zero-order valence-corrected chi connectivity index (χ0v) is 10.2. The van der Waals surface area contributed by atoms with Crippen LogP contribution in [-0.4, -0.2) is 29.2 Å². The highest BCUT2D eigenvalue weighted by Gasteiger charge is 2.22. The molecule has 1 rings (SSSR count). The molecule has 1 aromatic heterocycles. The van der Waals surface area contributed by atoms with Crippen molar-refractivity contribution in [2.24, 2.45) is 0 Å².